The van der Waals surface area contributed by atoms with Gasteiger partial charge in [-0.1, -0.05) is 27.2 Å². The maximum absolute atomic E-state index is 4.64. The minimum absolute atomic E-state index is 0.415. The molecule has 2 rings (SSSR count). The summed E-state index contributed by atoms with van der Waals surface area (Å²) in [5.74, 6) is 2.42. The third kappa shape index (κ3) is 4.05. The van der Waals surface area contributed by atoms with Crippen LogP contribution in [0.3, 0.4) is 0 Å². The Morgan fingerprint density at radius 3 is 2.70 bits per heavy atom. The number of pyridine rings is 1. The monoisotopic (exact) mass is 338 g/mol. The van der Waals surface area contributed by atoms with Crippen LogP contribution in [0, 0.1) is 17.8 Å². The van der Waals surface area contributed by atoms with Gasteiger partial charge in [0.15, 0.2) is 0 Å². The normalized spacial score (nSPS) is 28.3. The topological polar surface area (TPSA) is 24.9 Å². The molecule has 0 spiro atoms. The molecule has 0 aromatic carbocycles. The number of aromatic nitrogens is 1. The first-order valence-corrected chi connectivity index (χ1v) is 8.76. The molecule has 2 nitrogen and oxygen atoms in total. The zero-order chi connectivity index (χ0) is 14.5. The van der Waals surface area contributed by atoms with E-state index < -0.39 is 0 Å². The molecule has 1 fully saturated rings. The van der Waals surface area contributed by atoms with Crippen LogP contribution in [0.4, 0.5) is 0 Å². The van der Waals surface area contributed by atoms with Crippen molar-refractivity contribution in [3.05, 3.63) is 28.5 Å². The molecule has 0 saturated heterocycles. The number of halogens is 1. The Morgan fingerprint density at radius 1 is 1.30 bits per heavy atom. The molecule has 1 aliphatic rings. The second kappa shape index (κ2) is 7.56. The quantitative estimate of drug-likeness (QED) is 0.820. The lowest BCUT2D eigenvalue weighted by atomic mass is 9.72. The summed E-state index contributed by atoms with van der Waals surface area (Å²) in [7, 11) is 0. The molecule has 1 aromatic rings. The molecule has 1 N–H and O–H groups in total. The van der Waals surface area contributed by atoms with Crippen LogP contribution in [-0.4, -0.2) is 11.5 Å². The minimum Gasteiger partial charge on any atom is -0.308 e. The van der Waals surface area contributed by atoms with Gasteiger partial charge in [-0.05, 0) is 71.6 Å². The molecular weight excluding hydrogens is 312 g/mol. The lowest BCUT2D eigenvalue weighted by Crippen LogP contribution is -2.34. The number of hydrogen-bond acceptors (Lipinski definition) is 2. The van der Waals surface area contributed by atoms with Gasteiger partial charge in [0.1, 0.15) is 0 Å². The van der Waals surface area contributed by atoms with Crippen LogP contribution in [0.25, 0.3) is 0 Å². The second-order valence-corrected chi connectivity index (χ2v) is 7.28. The first kappa shape index (κ1) is 16.0. The Hall–Kier alpha value is -0.410. The van der Waals surface area contributed by atoms with E-state index in [-0.39, 0.29) is 0 Å². The summed E-state index contributed by atoms with van der Waals surface area (Å²) < 4.78 is 1.06. The van der Waals surface area contributed by atoms with Gasteiger partial charge in [0.2, 0.25) is 0 Å². The van der Waals surface area contributed by atoms with Crippen LogP contribution in [-0.2, 0) is 0 Å². The van der Waals surface area contributed by atoms with Crippen molar-refractivity contribution in [3.8, 4) is 0 Å². The lowest BCUT2D eigenvalue weighted by molar-refractivity contribution is 0.169. The van der Waals surface area contributed by atoms with Crippen molar-refractivity contribution < 1.29 is 0 Å². The van der Waals surface area contributed by atoms with Crippen LogP contribution < -0.4 is 5.32 Å². The van der Waals surface area contributed by atoms with E-state index in [1.165, 1.54) is 31.4 Å². The summed E-state index contributed by atoms with van der Waals surface area (Å²) in [5, 5.41) is 3.73. The van der Waals surface area contributed by atoms with Crippen molar-refractivity contribution in [2.24, 2.45) is 17.8 Å². The predicted molar refractivity (Wildman–Crippen MR) is 88.6 cm³/mol. The van der Waals surface area contributed by atoms with Gasteiger partial charge in [-0.25, -0.2) is 0 Å². The Bertz CT molecular complexity index is 404. The molecule has 112 valence electrons. The summed E-state index contributed by atoms with van der Waals surface area (Å²) in [6.45, 7) is 8.10. The van der Waals surface area contributed by atoms with E-state index in [1.54, 1.807) is 0 Å². The van der Waals surface area contributed by atoms with Gasteiger partial charge < -0.3 is 5.32 Å². The molecule has 0 amide bonds. The van der Waals surface area contributed by atoms with E-state index in [0.717, 1.165) is 28.8 Å². The fourth-order valence-electron chi connectivity index (χ4n) is 3.28. The molecule has 1 aliphatic carbocycles. The van der Waals surface area contributed by atoms with Crippen molar-refractivity contribution in [2.45, 2.75) is 52.5 Å². The van der Waals surface area contributed by atoms with E-state index >= 15 is 0 Å². The summed E-state index contributed by atoms with van der Waals surface area (Å²) in [4.78, 5) is 4.64. The SMILES string of the molecule is CCCNC(c1ccc(Br)cn1)C1CCC(C)C(C)C1. The van der Waals surface area contributed by atoms with Crippen LogP contribution in [0.1, 0.15) is 58.2 Å². The van der Waals surface area contributed by atoms with Gasteiger partial charge in [-0.15, -0.1) is 0 Å². The molecule has 0 aliphatic heterocycles. The highest BCUT2D eigenvalue weighted by molar-refractivity contribution is 9.10. The van der Waals surface area contributed by atoms with Crippen molar-refractivity contribution in [1.29, 1.82) is 0 Å². The molecule has 1 heterocycles. The van der Waals surface area contributed by atoms with Crippen molar-refractivity contribution >= 4 is 15.9 Å². The van der Waals surface area contributed by atoms with Crippen LogP contribution in [0.15, 0.2) is 22.8 Å². The van der Waals surface area contributed by atoms with E-state index in [9.17, 15) is 0 Å². The van der Waals surface area contributed by atoms with Gasteiger partial charge in [-0.2, -0.15) is 0 Å². The first-order chi connectivity index (χ1) is 9.61. The van der Waals surface area contributed by atoms with Crippen molar-refractivity contribution in [1.82, 2.24) is 10.3 Å². The van der Waals surface area contributed by atoms with Crippen molar-refractivity contribution in [2.75, 3.05) is 6.54 Å². The lowest BCUT2D eigenvalue weighted by Gasteiger charge is -2.37. The van der Waals surface area contributed by atoms with Gasteiger partial charge in [0.25, 0.3) is 0 Å². The minimum atomic E-state index is 0.415. The molecular formula is C17H27BrN2. The third-order valence-electron chi connectivity index (χ3n) is 4.79. The molecule has 20 heavy (non-hydrogen) atoms. The maximum atomic E-state index is 4.64. The zero-order valence-corrected chi connectivity index (χ0v) is 14.5. The van der Waals surface area contributed by atoms with E-state index in [1.807, 2.05) is 6.20 Å². The van der Waals surface area contributed by atoms with E-state index in [4.69, 9.17) is 0 Å². The fraction of sp³-hybridized carbons (Fsp3) is 0.706. The number of nitrogens with zero attached hydrogens (tertiary/aromatic N) is 1. The molecule has 0 bridgehead atoms. The highest BCUT2D eigenvalue weighted by atomic mass is 79.9. The van der Waals surface area contributed by atoms with Gasteiger partial charge in [-0.3, -0.25) is 4.98 Å². The third-order valence-corrected chi connectivity index (χ3v) is 5.26. The zero-order valence-electron chi connectivity index (χ0n) is 12.9. The van der Waals surface area contributed by atoms with Gasteiger partial charge in [0, 0.05) is 10.7 Å². The number of hydrogen-bond donors (Lipinski definition) is 1. The Labute approximate surface area is 131 Å². The highest BCUT2D eigenvalue weighted by Gasteiger charge is 2.31. The Balaban J connectivity index is 2.12. The van der Waals surface area contributed by atoms with Gasteiger partial charge in [0.05, 0.1) is 11.7 Å². The Kier molecular flexibility index (Phi) is 6.03. The molecule has 3 heteroatoms. The average molecular weight is 339 g/mol. The molecule has 1 aromatic heterocycles. The van der Waals surface area contributed by atoms with Crippen molar-refractivity contribution in [3.63, 3.8) is 0 Å². The summed E-state index contributed by atoms with van der Waals surface area (Å²) >= 11 is 3.48. The summed E-state index contributed by atoms with van der Waals surface area (Å²) in [6, 6.07) is 4.69. The second-order valence-electron chi connectivity index (χ2n) is 6.36. The van der Waals surface area contributed by atoms with Crippen LogP contribution in [0.5, 0.6) is 0 Å². The van der Waals surface area contributed by atoms with E-state index in [2.05, 4.69) is 59.1 Å². The molecule has 0 radical (unpaired) electrons. The highest BCUT2D eigenvalue weighted by Crippen LogP contribution is 2.39. The summed E-state index contributed by atoms with van der Waals surface area (Å²) in [6.07, 6.45) is 7.09. The summed E-state index contributed by atoms with van der Waals surface area (Å²) in [5.41, 5.74) is 1.20. The molecule has 4 unspecified atom stereocenters. The van der Waals surface area contributed by atoms with Crippen LogP contribution in [0.2, 0.25) is 0 Å². The fourth-order valence-corrected chi connectivity index (χ4v) is 3.51. The standard InChI is InChI=1S/C17H27BrN2/c1-4-9-19-17(16-8-7-15(18)11-20-16)14-6-5-12(2)13(3)10-14/h7-8,11-14,17,19H,4-6,9-10H2,1-3H3. The maximum Gasteiger partial charge on any atom is 0.0576 e. The predicted octanol–water partition coefficient (Wildman–Crippen LogP) is 4.96. The number of nitrogens with one attached hydrogen (secondary N) is 1. The largest absolute Gasteiger partial charge is 0.308 e. The smallest absolute Gasteiger partial charge is 0.0576 e. The van der Waals surface area contributed by atoms with Crippen LogP contribution >= 0.6 is 15.9 Å². The average Bonchev–Trinajstić information content (AvgIpc) is 2.45. The first-order valence-electron chi connectivity index (χ1n) is 7.96. The molecule has 1 saturated carbocycles. The number of rotatable bonds is 5. The Morgan fingerprint density at radius 2 is 2.10 bits per heavy atom. The van der Waals surface area contributed by atoms with Gasteiger partial charge >= 0.3 is 0 Å². The van der Waals surface area contributed by atoms with E-state index in [0.29, 0.717) is 6.04 Å². The molecule has 4 atom stereocenters.